The minimum atomic E-state index is -1.29. The zero-order valence-electron chi connectivity index (χ0n) is 5.74. The van der Waals surface area contributed by atoms with Gasteiger partial charge < -0.3 is 14.6 Å². The molecule has 58 valence electrons. The topological polar surface area (TPSA) is 63.6 Å². The Labute approximate surface area is 58.8 Å². The van der Waals surface area contributed by atoms with E-state index >= 15 is 0 Å². The van der Waals surface area contributed by atoms with E-state index in [2.05, 4.69) is 4.74 Å². The van der Waals surface area contributed by atoms with E-state index in [4.69, 9.17) is 5.11 Å². The summed E-state index contributed by atoms with van der Waals surface area (Å²) in [6.45, 7) is 1.85. The van der Waals surface area contributed by atoms with Crippen LogP contribution in [0.25, 0.3) is 0 Å². The molecule has 10 heavy (non-hydrogen) atoms. The van der Waals surface area contributed by atoms with Gasteiger partial charge in [0.25, 0.3) is 0 Å². The molecule has 0 aromatic carbocycles. The fraction of sp³-hybridized carbons (Fsp3) is 0.667. The van der Waals surface area contributed by atoms with Gasteiger partial charge in [0.1, 0.15) is 6.29 Å². The van der Waals surface area contributed by atoms with Crippen LogP contribution in [0.5, 0.6) is 0 Å². The van der Waals surface area contributed by atoms with E-state index in [0.29, 0.717) is 6.29 Å². The summed E-state index contributed by atoms with van der Waals surface area (Å²) in [5.41, 5.74) is 0. The van der Waals surface area contributed by atoms with Crippen LogP contribution in [0.15, 0.2) is 0 Å². The Hall–Kier alpha value is -0.900. The maximum Gasteiger partial charge on any atom is 0.335 e. The monoisotopic (exact) mass is 146 g/mol. The third kappa shape index (κ3) is 3.19. The van der Waals surface area contributed by atoms with E-state index < -0.39 is 12.1 Å². The molecule has 0 aliphatic rings. The number of esters is 1. The molecule has 1 N–H and O–H groups in total. The Morgan fingerprint density at radius 2 is 2.40 bits per heavy atom. The number of aliphatic hydroxyl groups excluding tert-OH is 1. The van der Waals surface area contributed by atoms with Gasteiger partial charge >= 0.3 is 5.97 Å². The minimum Gasteiger partial charge on any atom is -0.464 e. The van der Waals surface area contributed by atoms with Crippen LogP contribution < -0.4 is 0 Å². The Kier molecular flexibility index (Phi) is 4.49. The SMILES string of the molecule is CCOC(=O)[C@H](O)CC=O. The molecule has 0 aromatic rings. The van der Waals surface area contributed by atoms with Crippen LogP contribution in [0, 0.1) is 0 Å². The van der Waals surface area contributed by atoms with E-state index in [-0.39, 0.29) is 13.0 Å². The van der Waals surface area contributed by atoms with E-state index in [9.17, 15) is 9.59 Å². The molecule has 0 radical (unpaired) electrons. The number of ether oxygens (including phenoxy) is 1. The number of rotatable bonds is 4. The van der Waals surface area contributed by atoms with Gasteiger partial charge in [0, 0.05) is 6.42 Å². The zero-order valence-corrected chi connectivity index (χ0v) is 5.74. The molecule has 0 amide bonds. The minimum absolute atomic E-state index is 0.196. The van der Waals surface area contributed by atoms with Crippen molar-refractivity contribution in [1.82, 2.24) is 0 Å². The highest BCUT2D eigenvalue weighted by Crippen LogP contribution is 1.91. The van der Waals surface area contributed by atoms with Crippen molar-refractivity contribution in [2.75, 3.05) is 6.61 Å². The number of aliphatic hydroxyl groups is 1. The largest absolute Gasteiger partial charge is 0.464 e. The molecule has 0 bridgehead atoms. The third-order valence-corrected chi connectivity index (χ3v) is 0.878. The van der Waals surface area contributed by atoms with Gasteiger partial charge in [-0.05, 0) is 6.92 Å². The third-order valence-electron chi connectivity index (χ3n) is 0.878. The van der Waals surface area contributed by atoms with Gasteiger partial charge in [-0.15, -0.1) is 0 Å². The Bertz CT molecular complexity index is 121. The van der Waals surface area contributed by atoms with Gasteiger partial charge in [-0.1, -0.05) is 0 Å². The first-order valence-corrected chi connectivity index (χ1v) is 3.00. The molecule has 0 spiro atoms. The average Bonchev–Trinajstić information content (AvgIpc) is 1.89. The Balaban J connectivity index is 3.58. The summed E-state index contributed by atoms with van der Waals surface area (Å²) in [6.07, 6.45) is -1.02. The molecule has 0 saturated heterocycles. The normalized spacial score (nSPS) is 12.2. The molecule has 0 fully saturated rings. The predicted molar refractivity (Wildman–Crippen MR) is 33.3 cm³/mol. The highest BCUT2D eigenvalue weighted by Gasteiger charge is 2.14. The van der Waals surface area contributed by atoms with Gasteiger partial charge in [-0.2, -0.15) is 0 Å². The first-order valence-electron chi connectivity index (χ1n) is 3.00. The number of hydrogen-bond donors (Lipinski definition) is 1. The van der Waals surface area contributed by atoms with Crippen LogP contribution in [0.3, 0.4) is 0 Å². The van der Waals surface area contributed by atoms with E-state index in [0.717, 1.165) is 0 Å². The maximum absolute atomic E-state index is 10.5. The van der Waals surface area contributed by atoms with Gasteiger partial charge in [-0.3, -0.25) is 0 Å². The molecule has 0 saturated carbocycles. The highest BCUT2D eigenvalue weighted by atomic mass is 16.5. The molecule has 0 aliphatic heterocycles. The molecule has 0 aromatic heterocycles. The predicted octanol–water partition coefficient (Wildman–Crippen LogP) is -0.501. The molecule has 4 nitrogen and oxygen atoms in total. The van der Waals surface area contributed by atoms with Crippen LogP contribution in [0.4, 0.5) is 0 Å². The van der Waals surface area contributed by atoms with Crippen LogP contribution in [-0.2, 0) is 14.3 Å². The maximum atomic E-state index is 10.5. The van der Waals surface area contributed by atoms with E-state index in [1.807, 2.05) is 0 Å². The van der Waals surface area contributed by atoms with Crippen molar-refractivity contribution in [2.45, 2.75) is 19.4 Å². The zero-order chi connectivity index (χ0) is 7.98. The lowest BCUT2D eigenvalue weighted by Gasteiger charge is -2.04. The van der Waals surface area contributed by atoms with Crippen LogP contribution in [0.1, 0.15) is 13.3 Å². The van der Waals surface area contributed by atoms with Crippen molar-refractivity contribution < 1.29 is 19.4 Å². The standard InChI is InChI=1S/C6H10O4/c1-2-10-6(9)5(8)3-4-7/h4-5,8H,2-3H2,1H3/t5-/m1/s1. The lowest BCUT2D eigenvalue weighted by atomic mass is 10.3. The molecule has 0 aliphatic carbocycles. The first-order chi connectivity index (χ1) is 4.72. The van der Waals surface area contributed by atoms with Crippen molar-refractivity contribution in [2.24, 2.45) is 0 Å². The molecule has 0 unspecified atom stereocenters. The van der Waals surface area contributed by atoms with Crippen molar-refractivity contribution in [3.05, 3.63) is 0 Å². The summed E-state index contributed by atoms with van der Waals surface area (Å²) in [5, 5.41) is 8.74. The fourth-order valence-electron chi connectivity index (χ4n) is 0.426. The number of aldehydes is 1. The van der Waals surface area contributed by atoms with Crippen LogP contribution in [0.2, 0.25) is 0 Å². The van der Waals surface area contributed by atoms with Crippen molar-refractivity contribution in [1.29, 1.82) is 0 Å². The fourth-order valence-corrected chi connectivity index (χ4v) is 0.426. The first kappa shape index (κ1) is 9.10. The Morgan fingerprint density at radius 1 is 1.80 bits per heavy atom. The molecular formula is C6H10O4. The number of carbonyl (C=O) groups excluding carboxylic acids is 2. The summed E-state index contributed by atoms with van der Waals surface area (Å²) >= 11 is 0. The summed E-state index contributed by atoms with van der Waals surface area (Å²) < 4.78 is 4.41. The number of hydrogen-bond acceptors (Lipinski definition) is 4. The summed E-state index contributed by atoms with van der Waals surface area (Å²) in [5.74, 6) is -0.741. The van der Waals surface area contributed by atoms with Crippen LogP contribution >= 0.6 is 0 Å². The molecule has 0 rings (SSSR count). The van der Waals surface area contributed by atoms with Crippen molar-refractivity contribution in [3.63, 3.8) is 0 Å². The summed E-state index contributed by atoms with van der Waals surface area (Å²) in [7, 11) is 0. The molecule has 1 atom stereocenters. The van der Waals surface area contributed by atoms with Gasteiger partial charge in [0.2, 0.25) is 0 Å². The highest BCUT2D eigenvalue weighted by molar-refractivity contribution is 5.77. The summed E-state index contributed by atoms with van der Waals surface area (Å²) in [6, 6.07) is 0. The van der Waals surface area contributed by atoms with Crippen LogP contribution in [-0.4, -0.2) is 30.1 Å². The number of carbonyl (C=O) groups is 2. The molecular weight excluding hydrogens is 136 g/mol. The van der Waals surface area contributed by atoms with Gasteiger partial charge in [0.05, 0.1) is 6.61 Å². The lowest BCUT2D eigenvalue weighted by Crippen LogP contribution is -2.23. The Morgan fingerprint density at radius 3 is 2.80 bits per heavy atom. The van der Waals surface area contributed by atoms with Gasteiger partial charge in [-0.25, -0.2) is 4.79 Å². The van der Waals surface area contributed by atoms with Crippen molar-refractivity contribution in [3.8, 4) is 0 Å². The second kappa shape index (κ2) is 4.93. The second-order valence-electron chi connectivity index (χ2n) is 1.67. The quantitative estimate of drug-likeness (QED) is 0.429. The summed E-state index contributed by atoms with van der Waals surface area (Å²) in [4.78, 5) is 20.3. The molecule has 0 heterocycles. The van der Waals surface area contributed by atoms with E-state index in [1.165, 1.54) is 0 Å². The average molecular weight is 146 g/mol. The van der Waals surface area contributed by atoms with Crippen molar-refractivity contribution >= 4 is 12.3 Å². The van der Waals surface area contributed by atoms with E-state index in [1.54, 1.807) is 6.92 Å². The molecule has 4 heteroatoms. The lowest BCUT2D eigenvalue weighted by molar-refractivity contribution is -0.153. The second-order valence-corrected chi connectivity index (χ2v) is 1.67. The smallest absolute Gasteiger partial charge is 0.335 e. The van der Waals surface area contributed by atoms with Gasteiger partial charge in [0.15, 0.2) is 6.10 Å².